The van der Waals surface area contributed by atoms with Crippen LogP contribution in [0, 0.1) is 5.92 Å². The topological polar surface area (TPSA) is 64.7 Å². The lowest BCUT2D eigenvalue weighted by Gasteiger charge is -2.24. The molecule has 0 aliphatic carbocycles. The van der Waals surface area contributed by atoms with Crippen molar-refractivity contribution in [1.82, 2.24) is 10.2 Å². The molecule has 0 spiro atoms. The van der Waals surface area contributed by atoms with Gasteiger partial charge in [-0.1, -0.05) is 24.3 Å². The van der Waals surface area contributed by atoms with Crippen LogP contribution in [0.15, 0.2) is 48.5 Å². The van der Waals surface area contributed by atoms with E-state index in [0.717, 1.165) is 30.0 Å². The zero-order chi connectivity index (χ0) is 21.5. The van der Waals surface area contributed by atoms with Crippen LogP contribution in [-0.4, -0.2) is 42.9 Å². The van der Waals surface area contributed by atoms with Crippen LogP contribution in [-0.2, 0) is 16.1 Å². The SMILES string of the molecule is CCN1CC(C(=O)NCc2ccc(Nc3ccccc3N(CC)CC)cc2)CC1=O. The highest BCUT2D eigenvalue weighted by molar-refractivity contribution is 5.89. The number of anilines is 3. The summed E-state index contributed by atoms with van der Waals surface area (Å²) in [5.74, 6) is -0.220. The molecule has 1 aliphatic heterocycles. The number of benzene rings is 2. The molecule has 3 rings (SSSR count). The first-order valence-corrected chi connectivity index (χ1v) is 10.8. The van der Waals surface area contributed by atoms with Gasteiger partial charge in [-0.15, -0.1) is 0 Å². The van der Waals surface area contributed by atoms with Gasteiger partial charge in [-0.3, -0.25) is 9.59 Å². The lowest BCUT2D eigenvalue weighted by Crippen LogP contribution is -2.32. The van der Waals surface area contributed by atoms with Crippen molar-refractivity contribution in [3.8, 4) is 0 Å². The van der Waals surface area contributed by atoms with E-state index in [2.05, 4.69) is 47.6 Å². The minimum atomic E-state index is -0.241. The minimum absolute atomic E-state index is 0.0466. The monoisotopic (exact) mass is 408 g/mol. The highest BCUT2D eigenvalue weighted by Crippen LogP contribution is 2.28. The van der Waals surface area contributed by atoms with Crippen molar-refractivity contribution >= 4 is 28.9 Å². The van der Waals surface area contributed by atoms with Crippen molar-refractivity contribution in [3.63, 3.8) is 0 Å². The van der Waals surface area contributed by atoms with Crippen LogP contribution >= 0.6 is 0 Å². The summed E-state index contributed by atoms with van der Waals surface area (Å²) in [6.07, 6.45) is 0.314. The van der Waals surface area contributed by atoms with Gasteiger partial charge in [0.1, 0.15) is 0 Å². The summed E-state index contributed by atoms with van der Waals surface area (Å²) in [6, 6.07) is 16.4. The lowest BCUT2D eigenvalue weighted by atomic mass is 10.1. The maximum absolute atomic E-state index is 12.4. The Kier molecular flexibility index (Phi) is 7.33. The second-order valence-corrected chi connectivity index (χ2v) is 7.56. The van der Waals surface area contributed by atoms with E-state index < -0.39 is 0 Å². The maximum Gasteiger partial charge on any atom is 0.225 e. The number of nitrogens with zero attached hydrogens (tertiary/aromatic N) is 2. The number of nitrogens with one attached hydrogen (secondary N) is 2. The standard InChI is InChI=1S/C24H32N4O2/c1-4-27(5-2)22-10-8-7-9-21(22)26-20-13-11-18(12-14-20)16-25-24(30)19-15-23(29)28(6-3)17-19/h7-14,19,26H,4-6,15-17H2,1-3H3,(H,25,30). The van der Waals surface area contributed by atoms with Crippen LogP contribution < -0.4 is 15.5 Å². The highest BCUT2D eigenvalue weighted by atomic mass is 16.2. The zero-order valence-electron chi connectivity index (χ0n) is 18.1. The first-order valence-electron chi connectivity index (χ1n) is 10.8. The summed E-state index contributed by atoms with van der Waals surface area (Å²) in [7, 11) is 0. The Hall–Kier alpha value is -3.02. The number of para-hydroxylation sites is 2. The van der Waals surface area contributed by atoms with Crippen molar-refractivity contribution in [3.05, 3.63) is 54.1 Å². The van der Waals surface area contributed by atoms with Crippen molar-refractivity contribution in [2.75, 3.05) is 36.4 Å². The molecule has 1 saturated heterocycles. The Balaban J connectivity index is 1.57. The number of hydrogen-bond acceptors (Lipinski definition) is 4. The molecule has 160 valence electrons. The van der Waals surface area contributed by atoms with Gasteiger partial charge >= 0.3 is 0 Å². The number of amides is 2. The van der Waals surface area contributed by atoms with Crippen molar-refractivity contribution in [2.45, 2.75) is 33.7 Å². The number of rotatable bonds is 9. The van der Waals surface area contributed by atoms with Gasteiger partial charge in [-0.25, -0.2) is 0 Å². The third-order valence-electron chi connectivity index (χ3n) is 5.67. The highest BCUT2D eigenvalue weighted by Gasteiger charge is 2.33. The molecule has 6 heteroatoms. The van der Waals surface area contributed by atoms with Crippen LogP contribution in [0.5, 0.6) is 0 Å². The molecule has 2 aromatic carbocycles. The summed E-state index contributed by atoms with van der Waals surface area (Å²) >= 11 is 0. The molecule has 1 heterocycles. The molecule has 1 unspecified atom stereocenters. The molecule has 1 aliphatic rings. The average Bonchev–Trinajstić information content (AvgIpc) is 3.16. The zero-order valence-corrected chi connectivity index (χ0v) is 18.1. The number of carbonyl (C=O) groups excluding carboxylic acids is 2. The van der Waals surface area contributed by atoms with Crippen LogP contribution in [0.4, 0.5) is 17.1 Å². The van der Waals surface area contributed by atoms with Crippen LogP contribution in [0.2, 0.25) is 0 Å². The van der Waals surface area contributed by atoms with Crippen LogP contribution in [0.3, 0.4) is 0 Å². The molecule has 30 heavy (non-hydrogen) atoms. The first-order chi connectivity index (χ1) is 14.5. The van der Waals surface area contributed by atoms with Gasteiger partial charge in [0.25, 0.3) is 0 Å². The Morgan fingerprint density at radius 3 is 2.40 bits per heavy atom. The van der Waals surface area contributed by atoms with Crippen molar-refractivity contribution < 1.29 is 9.59 Å². The minimum Gasteiger partial charge on any atom is -0.370 e. The van der Waals surface area contributed by atoms with E-state index >= 15 is 0 Å². The molecule has 2 amide bonds. The van der Waals surface area contributed by atoms with Gasteiger partial charge in [0.05, 0.1) is 17.3 Å². The molecule has 0 radical (unpaired) electrons. The molecule has 0 aromatic heterocycles. The van der Waals surface area contributed by atoms with Gasteiger partial charge in [-0.2, -0.15) is 0 Å². The Morgan fingerprint density at radius 1 is 1.07 bits per heavy atom. The summed E-state index contributed by atoms with van der Waals surface area (Å²) in [4.78, 5) is 28.3. The fourth-order valence-corrected chi connectivity index (χ4v) is 3.87. The van der Waals surface area contributed by atoms with Gasteiger partial charge < -0.3 is 20.4 Å². The quantitative estimate of drug-likeness (QED) is 0.663. The summed E-state index contributed by atoms with van der Waals surface area (Å²) in [5, 5.41) is 6.47. The molecule has 2 aromatic rings. The molecule has 6 nitrogen and oxygen atoms in total. The molecular formula is C24H32N4O2. The average molecular weight is 409 g/mol. The largest absolute Gasteiger partial charge is 0.370 e. The molecule has 1 fully saturated rings. The number of carbonyl (C=O) groups is 2. The number of likely N-dealkylation sites (tertiary alicyclic amines) is 1. The predicted octanol–water partition coefficient (Wildman–Crippen LogP) is 3.76. The van der Waals surface area contributed by atoms with E-state index in [0.29, 0.717) is 26.1 Å². The van der Waals surface area contributed by atoms with E-state index in [1.54, 1.807) is 4.90 Å². The second-order valence-electron chi connectivity index (χ2n) is 7.56. The maximum atomic E-state index is 12.4. The third-order valence-corrected chi connectivity index (χ3v) is 5.67. The molecule has 1 atom stereocenters. The van der Waals surface area contributed by atoms with Gasteiger partial charge in [0, 0.05) is 44.8 Å². The molecule has 0 saturated carbocycles. The summed E-state index contributed by atoms with van der Waals surface area (Å²) < 4.78 is 0. The van der Waals surface area contributed by atoms with Crippen molar-refractivity contribution in [2.24, 2.45) is 5.92 Å². The Labute approximate surface area is 179 Å². The molecule has 0 bridgehead atoms. The molecule has 2 N–H and O–H groups in total. The van der Waals surface area contributed by atoms with Gasteiger partial charge in [-0.05, 0) is 50.6 Å². The van der Waals surface area contributed by atoms with Gasteiger partial charge in [0.15, 0.2) is 0 Å². The van der Waals surface area contributed by atoms with E-state index in [1.165, 1.54) is 5.69 Å². The van der Waals surface area contributed by atoms with E-state index in [4.69, 9.17) is 0 Å². The Bertz CT molecular complexity index is 862. The molecular weight excluding hydrogens is 376 g/mol. The van der Waals surface area contributed by atoms with E-state index in [1.807, 2.05) is 37.3 Å². The fraction of sp³-hybridized carbons (Fsp3) is 0.417. The van der Waals surface area contributed by atoms with Gasteiger partial charge in [0.2, 0.25) is 11.8 Å². The lowest BCUT2D eigenvalue weighted by molar-refractivity contribution is -0.128. The number of hydrogen-bond donors (Lipinski definition) is 2. The summed E-state index contributed by atoms with van der Waals surface area (Å²) in [5.41, 5.74) is 4.30. The smallest absolute Gasteiger partial charge is 0.225 e. The van der Waals surface area contributed by atoms with E-state index in [-0.39, 0.29) is 17.7 Å². The second kappa shape index (κ2) is 10.1. The predicted molar refractivity (Wildman–Crippen MR) is 122 cm³/mol. The summed E-state index contributed by atoms with van der Waals surface area (Å²) in [6.45, 7) is 9.81. The van der Waals surface area contributed by atoms with Crippen LogP contribution in [0.1, 0.15) is 32.8 Å². The fourth-order valence-electron chi connectivity index (χ4n) is 3.87. The third kappa shape index (κ3) is 5.12. The van der Waals surface area contributed by atoms with E-state index in [9.17, 15) is 9.59 Å². The Morgan fingerprint density at radius 2 is 1.77 bits per heavy atom. The van der Waals surface area contributed by atoms with Crippen LogP contribution in [0.25, 0.3) is 0 Å². The first kappa shape index (κ1) is 21.7. The normalized spacial score (nSPS) is 15.9. The van der Waals surface area contributed by atoms with Crippen molar-refractivity contribution in [1.29, 1.82) is 0 Å².